The third-order valence-electron chi connectivity index (χ3n) is 4.69. The number of aromatic nitrogens is 1. The van der Waals surface area contributed by atoms with Gasteiger partial charge in [-0.3, -0.25) is 0 Å². The van der Waals surface area contributed by atoms with E-state index in [1.807, 2.05) is 45.0 Å². The maximum Gasteiger partial charge on any atom is 0.160 e. The molecule has 0 amide bonds. The lowest BCUT2D eigenvalue weighted by Crippen LogP contribution is -2.11. The molecule has 0 saturated heterocycles. The quantitative estimate of drug-likeness (QED) is 0.323. The first-order valence-electron chi connectivity index (χ1n) is 10.4. The Morgan fingerprint density at radius 1 is 1.16 bits per heavy atom. The summed E-state index contributed by atoms with van der Waals surface area (Å²) >= 11 is 4.99. The van der Waals surface area contributed by atoms with E-state index in [9.17, 15) is 4.39 Å². The molecule has 6 heteroatoms. The number of ether oxygens (including phenoxy) is 2. The van der Waals surface area contributed by atoms with Gasteiger partial charge >= 0.3 is 0 Å². The summed E-state index contributed by atoms with van der Waals surface area (Å²) in [6.45, 7) is 13.0. The van der Waals surface area contributed by atoms with Crippen molar-refractivity contribution >= 4 is 27.3 Å². The number of nitrogens with zero attached hydrogens (tertiary/aromatic N) is 1. The molecule has 1 heterocycles. The number of hydrogen-bond donors (Lipinski definition) is 0. The van der Waals surface area contributed by atoms with Crippen molar-refractivity contribution in [1.29, 1.82) is 0 Å². The molecule has 0 fully saturated rings. The Bertz CT molecular complexity index is 1060. The number of benzene rings is 2. The number of thiazole rings is 1. The number of aryl methyl sites for hydroxylation is 1. The molecule has 0 bridgehead atoms. The molecule has 3 rings (SSSR count). The Balaban J connectivity index is 2.04. The van der Waals surface area contributed by atoms with Gasteiger partial charge in [0.2, 0.25) is 0 Å². The van der Waals surface area contributed by atoms with E-state index < -0.39 is 0 Å². The summed E-state index contributed by atoms with van der Waals surface area (Å²) in [6, 6.07) is 10.8. The zero-order valence-corrected chi connectivity index (χ0v) is 21.3. The van der Waals surface area contributed by atoms with Gasteiger partial charge in [-0.2, -0.15) is 0 Å². The summed E-state index contributed by atoms with van der Waals surface area (Å²) in [7, 11) is 0. The van der Waals surface area contributed by atoms with Gasteiger partial charge in [0.25, 0.3) is 0 Å². The fourth-order valence-electron chi connectivity index (χ4n) is 3.21. The predicted octanol–water partition coefficient (Wildman–Crippen LogP) is 8.29. The summed E-state index contributed by atoms with van der Waals surface area (Å²) in [4.78, 5) is 5.60. The Morgan fingerprint density at radius 2 is 1.90 bits per heavy atom. The van der Waals surface area contributed by atoms with E-state index in [4.69, 9.17) is 14.5 Å². The standard InChI is InChI=1S/C25H29BrFNO2S/c1-15(2)30-20-9-7-8-16(3)21(20)22-23(31-24(26)28-22)17-12-18(27)14-19(13-17)29-11-10-25(4,5)6/h7-9,12-15H,10-11H2,1-6H3. The van der Waals surface area contributed by atoms with Gasteiger partial charge < -0.3 is 9.47 Å². The van der Waals surface area contributed by atoms with Crippen LogP contribution in [0.4, 0.5) is 4.39 Å². The van der Waals surface area contributed by atoms with E-state index in [1.165, 1.54) is 23.5 Å². The smallest absolute Gasteiger partial charge is 0.160 e. The van der Waals surface area contributed by atoms with E-state index in [-0.39, 0.29) is 17.3 Å². The van der Waals surface area contributed by atoms with E-state index in [2.05, 4.69) is 36.7 Å². The van der Waals surface area contributed by atoms with Gasteiger partial charge in [-0.15, -0.1) is 11.3 Å². The maximum absolute atomic E-state index is 14.5. The molecule has 0 aliphatic rings. The second-order valence-corrected chi connectivity index (χ2v) is 11.4. The van der Waals surface area contributed by atoms with Crippen LogP contribution in [-0.4, -0.2) is 17.7 Å². The largest absolute Gasteiger partial charge is 0.493 e. The van der Waals surface area contributed by atoms with Crippen molar-refractivity contribution in [3.05, 3.63) is 51.7 Å². The number of halogens is 2. The average molecular weight is 506 g/mol. The molecule has 0 unspecified atom stereocenters. The first-order valence-corrected chi connectivity index (χ1v) is 12.0. The van der Waals surface area contributed by atoms with E-state index >= 15 is 0 Å². The van der Waals surface area contributed by atoms with E-state index in [0.717, 1.165) is 43.3 Å². The zero-order valence-electron chi connectivity index (χ0n) is 18.9. The van der Waals surface area contributed by atoms with Crippen LogP contribution in [0.2, 0.25) is 0 Å². The minimum atomic E-state index is -0.331. The first kappa shape index (κ1) is 23.7. The lowest BCUT2D eigenvalue weighted by atomic mass is 9.93. The van der Waals surface area contributed by atoms with Crippen LogP contribution in [0, 0.1) is 18.2 Å². The van der Waals surface area contributed by atoms with Crippen LogP contribution < -0.4 is 9.47 Å². The monoisotopic (exact) mass is 505 g/mol. The summed E-state index contributed by atoms with van der Waals surface area (Å²) in [5.74, 6) is 0.965. The van der Waals surface area contributed by atoms with Crippen molar-refractivity contribution in [1.82, 2.24) is 4.98 Å². The molecule has 0 radical (unpaired) electrons. The fraction of sp³-hybridized carbons (Fsp3) is 0.400. The van der Waals surface area contributed by atoms with Crippen molar-refractivity contribution in [2.24, 2.45) is 5.41 Å². The number of rotatable bonds is 7. The van der Waals surface area contributed by atoms with Crippen molar-refractivity contribution < 1.29 is 13.9 Å². The van der Waals surface area contributed by atoms with Crippen LogP contribution in [0.25, 0.3) is 21.7 Å². The Labute approximate surface area is 196 Å². The molecule has 31 heavy (non-hydrogen) atoms. The van der Waals surface area contributed by atoms with Crippen molar-refractivity contribution in [3.63, 3.8) is 0 Å². The average Bonchev–Trinajstić information content (AvgIpc) is 3.01. The summed E-state index contributed by atoms with van der Waals surface area (Å²) in [5.41, 5.74) is 3.64. The van der Waals surface area contributed by atoms with Gasteiger partial charge in [0, 0.05) is 17.2 Å². The third kappa shape index (κ3) is 6.30. The van der Waals surface area contributed by atoms with Crippen LogP contribution in [0.5, 0.6) is 11.5 Å². The summed E-state index contributed by atoms with van der Waals surface area (Å²) in [5, 5.41) is 0. The molecule has 3 nitrogen and oxygen atoms in total. The van der Waals surface area contributed by atoms with Gasteiger partial charge in [0.15, 0.2) is 3.92 Å². The molecule has 0 atom stereocenters. The highest BCUT2D eigenvalue weighted by molar-refractivity contribution is 9.11. The second-order valence-electron chi connectivity index (χ2n) is 9.09. The molecule has 0 aliphatic carbocycles. The van der Waals surface area contributed by atoms with Gasteiger partial charge in [0.1, 0.15) is 17.3 Å². The highest BCUT2D eigenvalue weighted by atomic mass is 79.9. The van der Waals surface area contributed by atoms with Gasteiger partial charge in [-0.25, -0.2) is 9.37 Å². The lowest BCUT2D eigenvalue weighted by molar-refractivity contribution is 0.242. The molecular formula is C25H29BrFNO2S. The lowest BCUT2D eigenvalue weighted by Gasteiger charge is -2.18. The molecule has 0 aliphatic heterocycles. The highest BCUT2D eigenvalue weighted by Gasteiger charge is 2.21. The molecule has 0 spiro atoms. The topological polar surface area (TPSA) is 31.4 Å². The summed E-state index contributed by atoms with van der Waals surface area (Å²) < 4.78 is 27.2. The van der Waals surface area contributed by atoms with Crippen molar-refractivity contribution in [2.45, 2.75) is 54.1 Å². The van der Waals surface area contributed by atoms with Crippen LogP contribution in [0.1, 0.15) is 46.6 Å². The first-order chi connectivity index (χ1) is 14.5. The van der Waals surface area contributed by atoms with Gasteiger partial charge in [-0.05, 0) is 72.3 Å². The molecule has 166 valence electrons. The number of hydrogen-bond acceptors (Lipinski definition) is 4. The molecule has 0 saturated carbocycles. The van der Waals surface area contributed by atoms with E-state index in [1.54, 1.807) is 0 Å². The Kier molecular flexibility index (Phi) is 7.43. The molecule has 2 aromatic carbocycles. The second kappa shape index (κ2) is 9.70. The van der Waals surface area contributed by atoms with Crippen LogP contribution in [0.3, 0.4) is 0 Å². The summed E-state index contributed by atoms with van der Waals surface area (Å²) in [6.07, 6.45) is 0.915. The molecule has 3 aromatic rings. The molecular weight excluding hydrogens is 477 g/mol. The van der Waals surface area contributed by atoms with Gasteiger partial charge in [-0.1, -0.05) is 32.9 Å². The predicted molar refractivity (Wildman–Crippen MR) is 131 cm³/mol. The van der Waals surface area contributed by atoms with E-state index in [0.29, 0.717) is 12.4 Å². The van der Waals surface area contributed by atoms with Crippen molar-refractivity contribution in [2.75, 3.05) is 6.61 Å². The highest BCUT2D eigenvalue weighted by Crippen LogP contribution is 2.44. The minimum absolute atomic E-state index is 0.0306. The molecule has 0 N–H and O–H groups in total. The Morgan fingerprint density at radius 3 is 2.58 bits per heavy atom. The fourth-order valence-corrected chi connectivity index (χ4v) is 4.66. The van der Waals surface area contributed by atoms with Crippen LogP contribution in [0.15, 0.2) is 40.3 Å². The normalized spacial score (nSPS) is 11.8. The van der Waals surface area contributed by atoms with Gasteiger partial charge in [0.05, 0.1) is 23.3 Å². The van der Waals surface area contributed by atoms with Crippen LogP contribution in [-0.2, 0) is 0 Å². The minimum Gasteiger partial charge on any atom is -0.493 e. The van der Waals surface area contributed by atoms with Crippen LogP contribution >= 0.6 is 27.3 Å². The zero-order chi connectivity index (χ0) is 22.8. The maximum atomic E-state index is 14.5. The van der Waals surface area contributed by atoms with Crippen molar-refractivity contribution in [3.8, 4) is 33.2 Å². The third-order valence-corrected chi connectivity index (χ3v) is 6.25. The molecule has 1 aromatic heterocycles. The SMILES string of the molecule is Cc1cccc(OC(C)C)c1-c1nc(Br)sc1-c1cc(F)cc(OCCC(C)(C)C)c1. The Hall–Kier alpha value is -1.92.